The lowest BCUT2D eigenvalue weighted by molar-refractivity contribution is -0.142. The molecule has 0 saturated carbocycles. The molecule has 0 aliphatic heterocycles. The normalized spacial score (nSPS) is 12.9. The van der Waals surface area contributed by atoms with E-state index in [9.17, 15) is 13.2 Å². The summed E-state index contributed by atoms with van der Waals surface area (Å²) < 4.78 is 32.9. The van der Waals surface area contributed by atoms with Crippen LogP contribution in [0.25, 0.3) is 0 Å². The van der Waals surface area contributed by atoms with Crippen molar-refractivity contribution in [3.05, 3.63) is 41.6 Å². The van der Waals surface area contributed by atoms with E-state index in [1.54, 1.807) is 19.2 Å². The molecule has 1 atom stereocenters. The minimum atomic E-state index is -4.12. The number of halogens is 1. The summed E-state index contributed by atoms with van der Waals surface area (Å²) in [4.78, 5) is 19.5. The number of nitrogens with zero attached hydrogens (tertiary/aromatic N) is 3. The van der Waals surface area contributed by atoms with Crippen molar-refractivity contribution in [1.29, 1.82) is 0 Å². The van der Waals surface area contributed by atoms with Gasteiger partial charge < -0.3 is 9.30 Å². The second-order valence-corrected chi connectivity index (χ2v) is 6.30. The molecule has 2 aromatic heterocycles. The maximum absolute atomic E-state index is 12.4. The molecule has 0 aliphatic rings. The Morgan fingerprint density at radius 2 is 2.23 bits per heavy atom. The summed E-state index contributed by atoms with van der Waals surface area (Å²) in [6.45, 7) is 0. The molecule has 10 heteroatoms. The van der Waals surface area contributed by atoms with Crippen molar-refractivity contribution in [2.24, 2.45) is 7.05 Å². The minimum Gasteiger partial charge on any atom is -0.468 e. The Morgan fingerprint density at radius 3 is 2.73 bits per heavy atom. The van der Waals surface area contributed by atoms with Crippen LogP contribution in [0, 0.1) is 0 Å². The number of esters is 1. The number of sulfonamides is 1. The number of methoxy groups -OCH3 is 1. The number of carbonyl (C=O) groups is 1. The van der Waals surface area contributed by atoms with Gasteiger partial charge in [0.2, 0.25) is 5.03 Å². The first-order chi connectivity index (χ1) is 10.4. The van der Waals surface area contributed by atoms with Crippen molar-refractivity contribution >= 4 is 27.6 Å². The zero-order chi connectivity index (χ0) is 16.3. The average molecular weight is 345 g/mol. The lowest BCUT2D eigenvalue weighted by Gasteiger charge is -2.16. The van der Waals surface area contributed by atoms with Crippen molar-refractivity contribution in [3.8, 4) is 0 Å². The Morgan fingerprint density at radius 1 is 1.50 bits per heavy atom. The molecular weight excluding hydrogens is 332 g/mol. The Labute approximate surface area is 132 Å². The highest BCUT2D eigenvalue weighted by Crippen LogP contribution is 2.22. The van der Waals surface area contributed by atoms with Crippen LogP contribution >= 0.6 is 11.6 Å². The molecule has 0 saturated heterocycles. The van der Waals surface area contributed by atoms with Gasteiger partial charge in [-0.25, -0.2) is 18.2 Å². The van der Waals surface area contributed by atoms with E-state index in [0.717, 1.165) is 7.11 Å². The highest BCUT2D eigenvalue weighted by atomic mass is 35.5. The average Bonchev–Trinajstić information content (AvgIpc) is 2.85. The van der Waals surface area contributed by atoms with E-state index >= 15 is 0 Å². The predicted molar refractivity (Wildman–Crippen MR) is 77.5 cm³/mol. The van der Waals surface area contributed by atoms with E-state index in [1.165, 1.54) is 23.3 Å². The van der Waals surface area contributed by atoms with Crippen molar-refractivity contribution < 1.29 is 17.9 Å². The van der Waals surface area contributed by atoms with Gasteiger partial charge in [-0.2, -0.15) is 4.72 Å². The summed E-state index contributed by atoms with van der Waals surface area (Å²) in [7, 11) is -1.41. The number of nitrogens with one attached hydrogen (secondary N) is 1. The maximum Gasteiger partial charge on any atom is 0.328 e. The molecule has 1 N–H and O–H groups in total. The second-order valence-electron chi connectivity index (χ2n) is 4.32. The third-order valence-corrected chi connectivity index (χ3v) is 4.73. The molecule has 0 bridgehead atoms. The molecule has 2 rings (SSSR count). The largest absolute Gasteiger partial charge is 0.468 e. The van der Waals surface area contributed by atoms with Gasteiger partial charge in [0, 0.05) is 19.4 Å². The minimum absolute atomic E-state index is 0.0673. The molecule has 0 radical (unpaired) electrons. The van der Waals surface area contributed by atoms with Crippen molar-refractivity contribution in [2.75, 3.05) is 7.11 Å². The number of imidazole rings is 1. The van der Waals surface area contributed by atoms with E-state index in [0.29, 0.717) is 5.56 Å². The summed E-state index contributed by atoms with van der Waals surface area (Å²) >= 11 is 5.89. The number of ether oxygens (including phenoxy) is 1. The van der Waals surface area contributed by atoms with Crippen LogP contribution in [0.5, 0.6) is 0 Å². The summed E-state index contributed by atoms with van der Waals surface area (Å²) in [5.41, 5.74) is 0.338. The van der Waals surface area contributed by atoms with Crippen LogP contribution in [-0.2, 0) is 26.6 Å². The van der Waals surface area contributed by atoms with Gasteiger partial charge in [-0.05, 0) is 11.6 Å². The predicted octanol–water partition coefficient (Wildman–Crippen LogP) is 0.661. The standard InChI is InChI=1S/C12H13ClN4O4S/c1-17-7-15-11(10(17)13)22(19,20)16-9(12(18)21-2)8-4-3-5-14-6-8/h3-7,9,16H,1-2H3. The molecule has 0 amide bonds. The van der Waals surface area contributed by atoms with Gasteiger partial charge in [0.25, 0.3) is 10.0 Å². The van der Waals surface area contributed by atoms with Gasteiger partial charge in [-0.1, -0.05) is 17.7 Å². The highest BCUT2D eigenvalue weighted by molar-refractivity contribution is 7.89. The van der Waals surface area contributed by atoms with Crippen LogP contribution in [0.2, 0.25) is 5.15 Å². The third kappa shape index (κ3) is 3.26. The number of carbonyl (C=O) groups excluding carboxylic acids is 1. The van der Waals surface area contributed by atoms with Crippen LogP contribution in [0.15, 0.2) is 35.9 Å². The molecule has 2 heterocycles. The van der Waals surface area contributed by atoms with Crippen LogP contribution in [0.3, 0.4) is 0 Å². The molecule has 0 spiro atoms. The summed E-state index contributed by atoms with van der Waals surface area (Å²) in [5, 5.41) is -0.434. The van der Waals surface area contributed by atoms with E-state index < -0.39 is 22.0 Å². The number of rotatable bonds is 5. The third-order valence-electron chi connectivity index (χ3n) is 2.82. The van der Waals surface area contributed by atoms with Crippen molar-refractivity contribution in [1.82, 2.24) is 19.3 Å². The fourth-order valence-corrected chi connectivity index (χ4v) is 3.30. The van der Waals surface area contributed by atoms with Gasteiger partial charge in [0.05, 0.1) is 13.4 Å². The number of hydrogen-bond donors (Lipinski definition) is 1. The fraction of sp³-hybridized carbons (Fsp3) is 0.250. The number of aromatic nitrogens is 3. The molecule has 118 valence electrons. The van der Waals surface area contributed by atoms with Crippen LogP contribution < -0.4 is 4.72 Å². The fourth-order valence-electron chi connectivity index (χ4n) is 1.70. The quantitative estimate of drug-likeness (QED) is 0.799. The molecule has 0 aliphatic carbocycles. The molecule has 1 unspecified atom stereocenters. The number of aryl methyl sites for hydroxylation is 1. The van der Waals surface area contributed by atoms with Crippen LogP contribution in [0.4, 0.5) is 0 Å². The van der Waals surface area contributed by atoms with Gasteiger partial charge in [-0.3, -0.25) is 4.98 Å². The van der Waals surface area contributed by atoms with Gasteiger partial charge in [-0.15, -0.1) is 0 Å². The van der Waals surface area contributed by atoms with Gasteiger partial charge in [0.15, 0.2) is 0 Å². The van der Waals surface area contributed by atoms with E-state index in [-0.39, 0.29) is 10.2 Å². The molecule has 0 fully saturated rings. The van der Waals surface area contributed by atoms with E-state index in [4.69, 9.17) is 11.6 Å². The second kappa shape index (κ2) is 6.42. The lowest BCUT2D eigenvalue weighted by Crippen LogP contribution is -2.35. The Bertz CT molecular complexity index is 776. The SMILES string of the molecule is COC(=O)C(NS(=O)(=O)c1ncn(C)c1Cl)c1cccnc1. The Kier molecular flexibility index (Phi) is 4.79. The first kappa shape index (κ1) is 16.4. The molecule has 2 aromatic rings. The topological polar surface area (TPSA) is 103 Å². The van der Waals surface area contributed by atoms with Crippen molar-refractivity contribution in [2.45, 2.75) is 11.1 Å². The van der Waals surface area contributed by atoms with Gasteiger partial charge >= 0.3 is 5.97 Å². The first-order valence-electron chi connectivity index (χ1n) is 6.03. The summed E-state index contributed by atoms with van der Waals surface area (Å²) in [6, 6.07) is 1.88. The molecule has 8 nitrogen and oxygen atoms in total. The number of hydrogen-bond acceptors (Lipinski definition) is 6. The molecular formula is C12H13ClN4O4S. The molecule has 22 heavy (non-hydrogen) atoms. The zero-order valence-electron chi connectivity index (χ0n) is 11.7. The molecule has 0 aromatic carbocycles. The Hall–Kier alpha value is -1.97. The Balaban J connectivity index is 2.39. The maximum atomic E-state index is 12.4. The van der Waals surface area contributed by atoms with E-state index in [1.807, 2.05) is 0 Å². The van der Waals surface area contributed by atoms with E-state index in [2.05, 4.69) is 19.4 Å². The van der Waals surface area contributed by atoms with Crippen molar-refractivity contribution in [3.63, 3.8) is 0 Å². The monoisotopic (exact) mass is 344 g/mol. The summed E-state index contributed by atoms with van der Waals surface area (Å²) in [5.74, 6) is -0.774. The summed E-state index contributed by atoms with van der Waals surface area (Å²) in [6.07, 6.45) is 4.13. The number of pyridine rings is 1. The van der Waals surface area contributed by atoms with Crippen LogP contribution in [0.1, 0.15) is 11.6 Å². The van der Waals surface area contributed by atoms with Gasteiger partial charge in [0.1, 0.15) is 11.2 Å². The first-order valence-corrected chi connectivity index (χ1v) is 7.90. The zero-order valence-corrected chi connectivity index (χ0v) is 13.3. The van der Waals surface area contributed by atoms with Crippen LogP contribution in [-0.4, -0.2) is 36.0 Å². The smallest absolute Gasteiger partial charge is 0.328 e. The highest BCUT2D eigenvalue weighted by Gasteiger charge is 2.31. The lowest BCUT2D eigenvalue weighted by atomic mass is 10.1.